The largest absolute Gasteiger partial charge is 0.496 e. The monoisotopic (exact) mass is 310 g/mol. The molecule has 2 aromatic rings. The van der Waals surface area contributed by atoms with E-state index in [0.29, 0.717) is 11.4 Å². The van der Waals surface area contributed by atoms with Crippen molar-refractivity contribution in [3.8, 4) is 0 Å². The minimum atomic E-state index is -0.480. The molecule has 2 aromatic heterocycles. The lowest BCUT2D eigenvalue weighted by atomic mass is 9.80. The Labute approximate surface area is 136 Å². The number of hydrogen-bond donors (Lipinski definition) is 0. The van der Waals surface area contributed by atoms with Crippen molar-refractivity contribution in [2.75, 3.05) is 0 Å². The molecule has 5 nitrogen and oxygen atoms in total. The molecule has 3 heterocycles. The topological polar surface area (TPSA) is 61.3 Å². The molecule has 0 spiro atoms. The van der Waals surface area contributed by atoms with Crippen LogP contribution < -0.4 is 5.46 Å². The molecule has 0 bridgehead atoms. The van der Waals surface area contributed by atoms with Gasteiger partial charge in [0.15, 0.2) is 0 Å². The molecule has 0 N–H and O–H groups in total. The van der Waals surface area contributed by atoms with Gasteiger partial charge in [-0.05, 0) is 45.9 Å². The average Bonchev–Trinajstić information content (AvgIpc) is 2.76. The molecule has 0 unspecified atom stereocenters. The Morgan fingerprint density at radius 3 is 2.13 bits per heavy atom. The first-order chi connectivity index (χ1) is 10.8. The van der Waals surface area contributed by atoms with Crippen molar-refractivity contribution in [2.24, 2.45) is 0 Å². The van der Waals surface area contributed by atoms with E-state index < -0.39 is 18.3 Å². The van der Waals surface area contributed by atoms with Crippen molar-refractivity contribution in [2.45, 2.75) is 38.9 Å². The minimum Gasteiger partial charge on any atom is -0.399 e. The second-order valence-electron chi connectivity index (χ2n) is 6.61. The molecule has 1 fully saturated rings. The maximum absolute atomic E-state index is 12.3. The molecule has 0 radical (unpaired) electrons. The Bertz CT molecular complexity index is 698. The molecule has 1 aliphatic heterocycles. The van der Waals surface area contributed by atoms with Crippen LogP contribution in [-0.4, -0.2) is 34.1 Å². The van der Waals surface area contributed by atoms with E-state index in [-0.39, 0.29) is 5.78 Å². The molecule has 3 rings (SSSR count). The summed E-state index contributed by atoms with van der Waals surface area (Å²) in [6.45, 7) is 8.00. The smallest absolute Gasteiger partial charge is 0.399 e. The molecular weight excluding hydrogens is 291 g/mol. The summed E-state index contributed by atoms with van der Waals surface area (Å²) in [6.07, 6.45) is 3.21. The third-order valence-electron chi connectivity index (χ3n) is 4.44. The fourth-order valence-electron chi connectivity index (χ4n) is 2.29. The lowest BCUT2D eigenvalue weighted by Crippen LogP contribution is -2.41. The van der Waals surface area contributed by atoms with Crippen LogP contribution in [0.2, 0.25) is 0 Å². The van der Waals surface area contributed by atoms with Crippen LogP contribution in [0, 0.1) is 0 Å². The average molecular weight is 310 g/mol. The van der Waals surface area contributed by atoms with E-state index in [2.05, 4.69) is 9.97 Å². The van der Waals surface area contributed by atoms with Gasteiger partial charge in [0.1, 0.15) is 11.4 Å². The lowest BCUT2D eigenvalue weighted by Gasteiger charge is -2.32. The quantitative estimate of drug-likeness (QED) is 0.641. The Hall–Kier alpha value is -2.05. The molecule has 0 aliphatic carbocycles. The minimum absolute atomic E-state index is 0.203. The maximum atomic E-state index is 12.3. The zero-order valence-electron chi connectivity index (χ0n) is 13.7. The summed E-state index contributed by atoms with van der Waals surface area (Å²) in [5, 5.41) is 0. The summed E-state index contributed by atoms with van der Waals surface area (Å²) in [5.41, 5.74) is 0.717. The molecule has 6 heteroatoms. The van der Waals surface area contributed by atoms with Crippen molar-refractivity contribution in [3.05, 3.63) is 54.1 Å². The molecular formula is C17H19BN2O3. The van der Waals surface area contributed by atoms with Gasteiger partial charge in [-0.1, -0.05) is 12.1 Å². The van der Waals surface area contributed by atoms with E-state index in [4.69, 9.17) is 9.31 Å². The molecule has 1 aliphatic rings. The Balaban J connectivity index is 1.80. The molecule has 0 atom stereocenters. The maximum Gasteiger partial charge on any atom is 0.496 e. The predicted molar refractivity (Wildman–Crippen MR) is 87.6 cm³/mol. The van der Waals surface area contributed by atoms with Gasteiger partial charge in [0.05, 0.1) is 11.2 Å². The molecule has 0 saturated carbocycles. The Morgan fingerprint density at radius 1 is 0.957 bits per heavy atom. The molecule has 0 aromatic carbocycles. The summed E-state index contributed by atoms with van der Waals surface area (Å²) in [5.74, 6) is -0.203. The van der Waals surface area contributed by atoms with Crippen LogP contribution in [-0.2, 0) is 9.31 Å². The summed E-state index contributed by atoms with van der Waals surface area (Å²) in [7, 11) is -0.480. The van der Waals surface area contributed by atoms with Crippen LogP contribution in [0.5, 0.6) is 0 Å². The highest BCUT2D eigenvalue weighted by Crippen LogP contribution is 2.36. The van der Waals surface area contributed by atoms with E-state index in [0.717, 1.165) is 5.46 Å². The van der Waals surface area contributed by atoms with E-state index in [9.17, 15) is 4.79 Å². The van der Waals surface area contributed by atoms with Gasteiger partial charge in [0.2, 0.25) is 5.78 Å². The summed E-state index contributed by atoms with van der Waals surface area (Å²) < 4.78 is 12.0. The first-order valence-electron chi connectivity index (χ1n) is 7.57. The standard InChI is InChI=1S/C17H19BN2O3/c1-16(2)17(3,4)23-18(22-16)12-8-9-14(20-11-12)15(21)13-7-5-6-10-19-13/h5-11H,1-4H3. The van der Waals surface area contributed by atoms with Gasteiger partial charge in [-0.3, -0.25) is 14.8 Å². The molecule has 23 heavy (non-hydrogen) atoms. The third-order valence-corrected chi connectivity index (χ3v) is 4.44. The zero-order chi connectivity index (χ0) is 16.7. The Morgan fingerprint density at radius 2 is 1.61 bits per heavy atom. The van der Waals surface area contributed by atoms with E-state index in [1.165, 1.54) is 0 Å². The number of rotatable bonds is 3. The third kappa shape index (κ3) is 2.92. The normalized spacial score (nSPS) is 18.9. The van der Waals surface area contributed by atoms with Crippen LogP contribution in [0.1, 0.15) is 43.9 Å². The number of aromatic nitrogens is 2. The second-order valence-corrected chi connectivity index (χ2v) is 6.61. The van der Waals surface area contributed by atoms with Gasteiger partial charge < -0.3 is 9.31 Å². The fraction of sp³-hybridized carbons (Fsp3) is 0.353. The van der Waals surface area contributed by atoms with E-state index >= 15 is 0 Å². The van der Waals surface area contributed by atoms with Crippen LogP contribution in [0.25, 0.3) is 0 Å². The molecule has 118 valence electrons. The van der Waals surface area contributed by atoms with Crippen LogP contribution in [0.3, 0.4) is 0 Å². The van der Waals surface area contributed by atoms with Gasteiger partial charge in [-0.2, -0.15) is 0 Å². The van der Waals surface area contributed by atoms with Crippen molar-refractivity contribution < 1.29 is 14.1 Å². The highest BCUT2D eigenvalue weighted by molar-refractivity contribution is 6.62. The zero-order valence-corrected chi connectivity index (χ0v) is 13.7. The number of pyridine rings is 2. The predicted octanol–water partition coefficient (Wildman–Crippen LogP) is 2.01. The number of carbonyl (C=O) groups excluding carboxylic acids is 1. The molecule has 0 amide bonds. The number of carbonyl (C=O) groups is 1. The molecule has 1 saturated heterocycles. The SMILES string of the molecule is CC1(C)OB(c2ccc(C(=O)c3ccccn3)nc2)OC1(C)C. The van der Waals surface area contributed by atoms with Crippen LogP contribution >= 0.6 is 0 Å². The Kier molecular flexibility index (Phi) is 3.82. The number of nitrogens with zero attached hydrogens (tertiary/aromatic N) is 2. The lowest BCUT2D eigenvalue weighted by molar-refractivity contribution is 0.00578. The number of hydrogen-bond acceptors (Lipinski definition) is 5. The van der Waals surface area contributed by atoms with E-state index in [1.807, 2.05) is 33.8 Å². The second kappa shape index (κ2) is 5.55. The van der Waals surface area contributed by atoms with Gasteiger partial charge in [0, 0.05) is 17.9 Å². The summed E-state index contributed by atoms with van der Waals surface area (Å²) >= 11 is 0. The van der Waals surface area contributed by atoms with Crippen molar-refractivity contribution >= 4 is 18.4 Å². The first-order valence-corrected chi connectivity index (χ1v) is 7.57. The van der Waals surface area contributed by atoms with Crippen LogP contribution in [0.15, 0.2) is 42.7 Å². The van der Waals surface area contributed by atoms with Gasteiger partial charge >= 0.3 is 7.12 Å². The summed E-state index contributed by atoms with van der Waals surface area (Å²) in [4.78, 5) is 20.6. The van der Waals surface area contributed by atoms with Crippen molar-refractivity contribution in [3.63, 3.8) is 0 Å². The van der Waals surface area contributed by atoms with Crippen LogP contribution in [0.4, 0.5) is 0 Å². The van der Waals surface area contributed by atoms with Crippen molar-refractivity contribution in [1.29, 1.82) is 0 Å². The fourth-order valence-corrected chi connectivity index (χ4v) is 2.29. The van der Waals surface area contributed by atoms with Gasteiger partial charge in [0.25, 0.3) is 0 Å². The van der Waals surface area contributed by atoms with E-state index in [1.54, 1.807) is 36.7 Å². The van der Waals surface area contributed by atoms with Gasteiger partial charge in [-0.25, -0.2) is 0 Å². The highest BCUT2D eigenvalue weighted by atomic mass is 16.7. The first kappa shape index (κ1) is 15.8. The number of ketones is 1. The van der Waals surface area contributed by atoms with Gasteiger partial charge in [-0.15, -0.1) is 0 Å². The highest BCUT2D eigenvalue weighted by Gasteiger charge is 2.51. The summed E-state index contributed by atoms with van der Waals surface area (Å²) in [6, 6.07) is 8.71. The van der Waals surface area contributed by atoms with Crippen molar-refractivity contribution in [1.82, 2.24) is 9.97 Å².